The summed E-state index contributed by atoms with van der Waals surface area (Å²) in [6, 6.07) is 15.0. The molecule has 0 saturated carbocycles. The molecule has 6 nitrogen and oxygen atoms in total. The number of amides is 1. The molecule has 1 atom stereocenters. The Balaban J connectivity index is 1.48. The van der Waals surface area contributed by atoms with Crippen LogP contribution in [-0.2, 0) is 20.9 Å². The quantitative estimate of drug-likeness (QED) is 0.523. The third kappa shape index (κ3) is 4.75. The summed E-state index contributed by atoms with van der Waals surface area (Å²) in [7, 11) is 0. The van der Waals surface area contributed by atoms with E-state index in [4.69, 9.17) is 4.74 Å². The number of amidine groups is 1. The molecule has 1 saturated heterocycles. The van der Waals surface area contributed by atoms with Gasteiger partial charge in [-0.15, -0.1) is 0 Å². The molecular formula is C27H26FN3O3S. The molecular weight excluding hydrogens is 465 g/mol. The lowest BCUT2D eigenvalue weighted by molar-refractivity contribution is -0.141. The number of carbonyl (C=O) groups excluding carboxylic acids is 2. The first kappa shape index (κ1) is 23.4. The van der Waals surface area contributed by atoms with E-state index in [1.165, 1.54) is 17.8 Å². The average molecular weight is 492 g/mol. The minimum atomic E-state index is -0.778. The lowest BCUT2D eigenvalue weighted by atomic mass is 9.93. The van der Waals surface area contributed by atoms with Crippen LogP contribution in [0.2, 0.25) is 0 Å². The molecule has 0 spiro atoms. The van der Waals surface area contributed by atoms with Gasteiger partial charge in [-0.25, -0.2) is 14.2 Å². The highest BCUT2D eigenvalue weighted by Gasteiger charge is 2.42. The number of fused-ring (bicyclic) bond motifs is 1. The summed E-state index contributed by atoms with van der Waals surface area (Å²) in [5.41, 5.74) is 2.66. The highest BCUT2D eigenvalue weighted by molar-refractivity contribution is 8.16. The van der Waals surface area contributed by atoms with Crippen LogP contribution in [0.15, 0.2) is 82.0 Å². The number of rotatable bonds is 6. The molecule has 2 aromatic carbocycles. The number of esters is 1. The second-order valence-electron chi connectivity index (χ2n) is 8.74. The van der Waals surface area contributed by atoms with Gasteiger partial charge in [0.05, 0.1) is 23.7 Å². The zero-order chi connectivity index (χ0) is 24.4. The van der Waals surface area contributed by atoms with Gasteiger partial charge in [-0.3, -0.25) is 4.79 Å². The molecule has 2 aromatic rings. The van der Waals surface area contributed by atoms with Gasteiger partial charge in [0.2, 0.25) is 5.91 Å². The fourth-order valence-corrected chi connectivity index (χ4v) is 5.62. The highest BCUT2D eigenvalue weighted by Crippen LogP contribution is 2.45. The summed E-state index contributed by atoms with van der Waals surface area (Å²) < 4.78 is 20.8. The zero-order valence-electron chi connectivity index (χ0n) is 19.4. The Morgan fingerprint density at radius 2 is 1.80 bits per heavy atom. The van der Waals surface area contributed by atoms with Crippen molar-refractivity contribution in [1.82, 2.24) is 9.80 Å². The van der Waals surface area contributed by atoms with E-state index in [0.29, 0.717) is 22.1 Å². The molecule has 0 aromatic heterocycles. The number of thioether (sulfide) groups is 1. The number of likely N-dealkylation sites (tertiary alicyclic amines) is 1. The monoisotopic (exact) mass is 491 g/mol. The van der Waals surface area contributed by atoms with Crippen molar-refractivity contribution in [2.75, 3.05) is 13.1 Å². The number of nitrogens with zero attached hydrogens (tertiary/aromatic N) is 3. The topological polar surface area (TPSA) is 62.2 Å². The fraction of sp³-hybridized carbons (Fsp3) is 0.296. The Morgan fingerprint density at radius 1 is 1.09 bits per heavy atom. The Hall–Kier alpha value is -3.39. The molecule has 5 rings (SSSR count). The molecule has 3 aliphatic heterocycles. The standard InChI is InChI=1S/C27H26FN3O3S/c1-18-24(26(33)34-16-19-9-3-2-4-10-19)25(21-11-5-6-12-22(21)28)31-20(17-35-27(31)29-18)15-23(32)30-13-7-8-14-30/h2-6,9-12,17,25H,7-8,13-16H2,1H3/t25-/m0/s1. The van der Waals surface area contributed by atoms with Gasteiger partial charge < -0.3 is 14.5 Å². The van der Waals surface area contributed by atoms with E-state index in [0.717, 1.165) is 31.5 Å². The predicted molar refractivity (Wildman–Crippen MR) is 133 cm³/mol. The van der Waals surface area contributed by atoms with E-state index in [-0.39, 0.29) is 24.5 Å². The van der Waals surface area contributed by atoms with Crippen LogP contribution in [0.5, 0.6) is 0 Å². The first-order valence-electron chi connectivity index (χ1n) is 11.7. The number of aliphatic imine (C=N–C) groups is 1. The number of hydrogen-bond acceptors (Lipinski definition) is 6. The number of benzene rings is 2. The molecule has 0 unspecified atom stereocenters. The normalized spacial score (nSPS) is 19.4. The summed E-state index contributed by atoms with van der Waals surface area (Å²) in [5.74, 6) is -0.950. The summed E-state index contributed by atoms with van der Waals surface area (Å²) in [6.07, 6.45) is 2.18. The molecule has 0 N–H and O–H groups in total. The first-order valence-corrected chi connectivity index (χ1v) is 12.6. The van der Waals surface area contributed by atoms with Gasteiger partial charge in [0.25, 0.3) is 0 Å². The number of allylic oxidation sites excluding steroid dienone is 1. The molecule has 3 aliphatic rings. The van der Waals surface area contributed by atoms with Crippen molar-refractivity contribution in [2.45, 2.75) is 38.8 Å². The maximum absolute atomic E-state index is 15.1. The Morgan fingerprint density at radius 3 is 2.54 bits per heavy atom. The molecule has 3 heterocycles. The molecule has 1 amide bonds. The average Bonchev–Trinajstić information content (AvgIpc) is 3.54. The van der Waals surface area contributed by atoms with Crippen molar-refractivity contribution in [3.05, 3.63) is 93.9 Å². The van der Waals surface area contributed by atoms with Gasteiger partial charge in [0.1, 0.15) is 12.4 Å². The Bertz CT molecular complexity index is 1240. The molecule has 35 heavy (non-hydrogen) atoms. The van der Waals surface area contributed by atoms with Crippen molar-refractivity contribution >= 4 is 28.8 Å². The van der Waals surface area contributed by atoms with E-state index >= 15 is 4.39 Å². The number of hydrogen-bond donors (Lipinski definition) is 0. The summed E-state index contributed by atoms with van der Waals surface area (Å²) in [6.45, 7) is 3.35. The lowest BCUT2D eigenvalue weighted by Crippen LogP contribution is -2.38. The van der Waals surface area contributed by atoms with Crippen LogP contribution >= 0.6 is 11.8 Å². The van der Waals surface area contributed by atoms with E-state index in [2.05, 4.69) is 4.99 Å². The van der Waals surface area contributed by atoms with Crippen LogP contribution in [-0.4, -0.2) is 39.9 Å². The first-order chi connectivity index (χ1) is 17.0. The van der Waals surface area contributed by atoms with Crippen LogP contribution in [0.3, 0.4) is 0 Å². The van der Waals surface area contributed by atoms with Gasteiger partial charge >= 0.3 is 5.97 Å². The van der Waals surface area contributed by atoms with Crippen LogP contribution in [0.25, 0.3) is 0 Å². The summed E-state index contributed by atoms with van der Waals surface area (Å²) in [4.78, 5) is 34.7. The third-order valence-electron chi connectivity index (χ3n) is 6.42. The van der Waals surface area contributed by atoms with Crippen molar-refractivity contribution in [1.29, 1.82) is 0 Å². The van der Waals surface area contributed by atoms with E-state index in [9.17, 15) is 9.59 Å². The Kier molecular flexibility index (Phi) is 6.72. The van der Waals surface area contributed by atoms with Crippen LogP contribution in [0.4, 0.5) is 4.39 Å². The van der Waals surface area contributed by atoms with E-state index in [1.807, 2.05) is 45.5 Å². The highest BCUT2D eigenvalue weighted by atomic mass is 32.2. The molecule has 1 fully saturated rings. The summed E-state index contributed by atoms with van der Waals surface area (Å²) in [5, 5.41) is 2.51. The molecule has 180 valence electrons. The van der Waals surface area contributed by atoms with Crippen molar-refractivity contribution in [3.8, 4) is 0 Å². The minimum Gasteiger partial charge on any atom is -0.457 e. The van der Waals surface area contributed by atoms with Gasteiger partial charge in [0.15, 0.2) is 5.17 Å². The molecule has 0 bridgehead atoms. The Labute approximate surface area is 208 Å². The molecule has 0 aliphatic carbocycles. The van der Waals surface area contributed by atoms with E-state index in [1.54, 1.807) is 25.1 Å². The third-order valence-corrected chi connectivity index (χ3v) is 7.31. The molecule has 0 radical (unpaired) electrons. The lowest BCUT2D eigenvalue weighted by Gasteiger charge is -2.36. The minimum absolute atomic E-state index is 0.0300. The largest absolute Gasteiger partial charge is 0.457 e. The van der Waals surface area contributed by atoms with Crippen molar-refractivity contribution in [2.24, 2.45) is 4.99 Å². The van der Waals surface area contributed by atoms with Gasteiger partial charge in [-0.2, -0.15) is 0 Å². The zero-order valence-corrected chi connectivity index (χ0v) is 20.3. The van der Waals surface area contributed by atoms with Crippen molar-refractivity contribution in [3.63, 3.8) is 0 Å². The van der Waals surface area contributed by atoms with Gasteiger partial charge in [-0.05, 0) is 36.8 Å². The SMILES string of the molecule is CC1=C(C(=O)OCc2ccccc2)[C@H](c2ccccc2F)N2C(CC(=O)N3CCCC3)=CSC2=N1. The summed E-state index contributed by atoms with van der Waals surface area (Å²) >= 11 is 1.39. The second kappa shape index (κ2) is 10.1. The smallest absolute Gasteiger partial charge is 0.338 e. The predicted octanol–water partition coefficient (Wildman–Crippen LogP) is 5.16. The number of halogens is 1. The molecule has 8 heteroatoms. The van der Waals surface area contributed by atoms with Crippen molar-refractivity contribution < 1.29 is 18.7 Å². The maximum atomic E-state index is 15.1. The van der Waals surface area contributed by atoms with E-state index < -0.39 is 17.8 Å². The van der Waals surface area contributed by atoms with Gasteiger partial charge in [-0.1, -0.05) is 60.3 Å². The maximum Gasteiger partial charge on any atom is 0.338 e. The van der Waals surface area contributed by atoms with Gasteiger partial charge in [0, 0.05) is 24.4 Å². The fourth-order valence-electron chi connectivity index (χ4n) is 4.66. The number of carbonyl (C=O) groups is 2. The van der Waals surface area contributed by atoms with Crippen LogP contribution in [0, 0.1) is 5.82 Å². The van der Waals surface area contributed by atoms with Crippen LogP contribution < -0.4 is 0 Å². The van der Waals surface area contributed by atoms with Crippen LogP contribution in [0.1, 0.15) is 43.4 Å². The second-order valence-corrected chi connectivity index (χ2v) is 9.58. The number of ether oxygens (including phenoxy) is 1.